The summed E-state index contributed by atoms with van der Waals surface area (Å²) < 4.78 is 53.5. The molecule has 0 N–H and O–H groups in total. The third-order valence-corrected chi connectivity index (χ3v) is 6.08. The van der Waals surface area contributed by atoms with Crippen molar-refractivity contribution in [2.75, 3.05) is 13.2 Å². The Hall–Kier alpha value is -3.74. The Balaban J connectivity index is 0.000000238. The number of hydrogen-bond donors (Lipinski definition) is 0. The second-order valence-corrected chi connectivity index (χ2v) is 11.0. The van der Waals surface area contributed by atoms with Gasteiger partial charge in [-0.05, 0) is 48.9 Å². The summed E-state index contributed by atoms with van der Waals surface area (Å²) in [6.07, 6.45) is 2.80. The predicted molar refractivity (Wildman–Crippen MR) is 158 cm³/mol. The summed E-state index contributed by atoms with van der Waals surface area (Å²) in [5.41, 5.74) is -1.66. The Kier molecular flexibility index (Phi) is 11.9. The zero-order chi connectivity index (χ0) is 31.6. The first-order chi connectivity index (χ1) is 20.3. The van der Waals surface area contributed by atoms with Crippen molar-refractivity contribution in [3.63, 3.8) is 0 Å². The van der Waals surface area contributed by atoms with Gasteiger partial charge in [0.05, 0.1) is 11.3 Å². The van der Waals surface area contributed by atoms with Crippen molar-refractivity contribution in [1.29, 1.82) is 0 Å². The van der Waals surface area contributed by atoms with Crippen LogP contribution in [0.5, 0.6) is 5.75 Å². The number of halogens is 5. The molecule has 4 aromatic rings. The molecule has 0 fully saturated rings. The molecule has 1 unspecified atom stereocenters. The molecular formula is C29H31Cl2F3N6O3. The number of imidazole rings is 1. The maximum absolute atomic E-state index is 13.1. The predicted octanol–water partition coefficient (Wildman–Crippen LogP) is 7.68. The number of hydrogen-bond acceptors (Lipinski definition) is 7. The minimum Gasteiger partial charge on any atom is -0.461 e. The first-order valence-corrected chi connectivity index (χ1v) is 13.9. The number of ketones is 1. The number of aromatic nitrogens is 5. The highest BCUT2D eigenvalue weighted by Crippen LogP contribution is 2.38. The summed E-state index contributed by atoms with van der Waals surface area (Å²) in [4.78, 5) is 24.4. The van der Waals surface area contributed by atoms with E-state index in [-0.39, 0.29) is 23.1 Å². The lowest BCUT2D eigenvalue weighted by Gasteiger charge is -2.25. The molecule has 2 heterocycles. The molecule has 43 heavy (non-hydrogen) atoms. The van der Waals surface area contributed by atoms with Gasteiger partial charge >= 0.3 is 6.18 Å². The molecule has 230 valence electrons. The van der Waals surface area contributed by atoms with Gasteiger partial charge < -0.3 is 9.47 Å². The van der Waals surface area contributed by atoms with Crippen LogP contribution in [0.1, 0.15) is 45.9 Å². The maximum Gasteiger partial charge on any atom is 0.418 e. The molecule has 0 aliphatic heterocycles. The zero-order valence-electron chi connectivity index (χ0n) is 23.9. The van der Waals surface area contributed by atoms with E-state index in [1.165, 1.54) is 46.6 Å². The van der Waals surface area contributed by atoms with Crippen LogP contribution in [-0.4, -0.2) is 49.1 Å². The van der Waals surface area contributed by atoms with E-state index in [1.54, 1.807) is 30.5 Å². The molecule has 1 atom stereocenters. The Morgan fingerprint density at radius 2 is 1.72 bits per heavy atom. The number of benzene rings is 2. The van der Waals surface area contributed by atoms with Crippen LogP contribution in [0, 0.1) is 5.41 Å². The van der Waals surface area contributed by atoms with Crippen molar-refractivity contribution < 1.29 is 27.4 Å². The molecule has 0 aliphatic carbocycles. The van der Waals surface area contributed by atoms with Crippen molar-refractivity contribution in [3.8, 4) is 5.75 Å². The average Bonchev–Trinajstić information content (AvgIpc) is 3.67. The lowest BCUT2D eigenvalue weighted by atomic mass is 9.90. The summed E-state index contributed by atoms with van der Waals surface area (Å²) in [6.45, 7) is 8.01. The number of ether oxygens (including phenoxy) is 2. The van der Waals surface area contributed by atoms with Crippen molar-refractivity contribution in [2.45, 2.75) is 46.5 Å². The van der Waals surface area contributed by atoms with Gasteiger partial charge in [-0.25, -0.2) is 19.6 Å². The fraction of sp³-hybridized carbons (Fsp3) is 0.345. The molecule has 4 rings (SSSR count). The van der Waals surface area contributed by atoms with Crippen molar-refractivity contribution in [1.82, 2.24) is 24.3 Å². The Morgan fingerprint density at radius 1 is 1.02 bits per heavy atom. The minimum atomic E-state index is -4.55. The normalized spacial score (nSPS) is 12.8. The SMILES string of the molecule is CC(C)(C)C(=O)C(Oc1ccc(Cl)cc1)n1cncn1.CCCOCC(=Nc1ccc(Cl)cc1C(F)(F)F)n1ccnc1. The van der Waals surface area contributed by atoms with Gasteiger partial charge in [-0.2, -0.15) is 18.3 Å². The number of Topliss-reactive ketones (excluding diaryl/α,β-unsaturated/α-hetero) is 1. The fourth-order valence-electron chi connectivity index (χ4n) is 3.43. The van der Waals surface area contributed by atoms with E-state index in [0.717, 1.165) is 12.5 Å². The number of rotatable bonds is 9. The highest BCUT2D eigenvalue weighted by molar-refractivity contribution is 6.31. The molecule has 9 nitrogen and oxygen atoms in total. The van der Waals surface area contributed by atoms with E-state index in [1.807, 2.05) is 27.7 Å². The van der Waals surface area contributed by atoms with Crippen LogP contribution in [-0.2, 0) is 15.7 Å². The van der Waals surface area contributed by atoms with Crippen LogP contribution in [0.25, 0.3) is 0 Å². The van der Waals surface area contributed by atoms with Gasteiger partial charge in [-0.15, -0.1) is 0 Å². The molecule has 0 spiro atoms. The summed E-state index contributed by atoms with van der Waals surface area (Å²) in [6, 6.07) is 10.3. The van der Waals surface area contributed by atoms with E-state index in [2.05, 4.69) is 20.1 Å². The van der Waals surface area contributed by atoms with Crippen molar-refractivity contribution >= 4 is 40.5 Å². The number of nitrogens with zero attached hydrogens (tertiary/aromatic N) is 6. The lowest BCUT2D eigenvalue weighted by molar-refractivity contribution is -0.138. The number of aliphatic imine (C=N–C) groups is 1. The number of alkyl halides is 3. The highest BCUT2D eigenvalue weighted by Gasteiger charge is 2.34. The molecule has 0 aliphatic rings. The van der Waals surface area contributed by atoms with Gasteiger partial charge in [0.2, 0.25) is 5.78 Å². The Bertz CT molecular complexity index is 1470. The van der Waals surface area contributed by atoms with Crippen LogP contribution in [0.2, 0.25) is 10.0 Å². The molecule has 0 radical (unpaired) electrons. The first kappa shape index (κ1) is 33.8. The van der Waals surface area contributed by atoms with E-state index >= 15 is 0 Å². The van der Waals surface area contributed by atoms with Gasteiger partial charge in [0.25, 0.3) is 6.23 Å². The zero-order valence-corrected chi connectivity index (χ0v) is 25.4. The van der Waals surface area contributed by atoms with Gasteiger partial charge in [-0.3, -0.25) is 9.36 Å². The van der Waals surface area contributed by atoms with Gasteiger partial charge in [0.1, 0.15) is 37.2 Å². The summed E-state index contributed by atoms with van der Waals surface area (Å²) >= 11 is 11.5. The smallest absolute Gasteiger partial charge is 0.418 e. The van der Waals surface area contributed by atoms with Gasteiger partial charge in [0.15, 0.2) is 0 Å². The van der Waals surface area contributed by atoms with Gasteiger partial charge in [0, 0.05) is 34.5 Å². The first-order valence-electron chi connectivity index (χ1n) is 13.1. The van der Waals surface area contributed by atoms with Gasteiger partial charge in [-0.1, -0.05) is 50.9 Å². The largest absolute Gasteiger partial charge is 0.461 e. The second kappa shape index (κ2) is 15.1. The molecule has 0 bridgehead atoms. The molecule has 0 saturated heterocycles. The number of carbonyl (C=O) groups excluding carboxylic acids is 1. The van der Waals surface area contributed by atoms with Crippen LogP contribution in [0.3, 0.4) is 0 Å². The minimum absolute atomic E-state index is 0.00249. The van der Waals surface area contributed by atoms with Crippen LogP contribution >= 0.6 is 23.2 Å². The monoisotopic (exact) mass is 638 g/mol. The van der Waals surface area contributed by atoms with Crippen molar-refractivity contribution in [3.05, 3.63) is 89.4 Å². The van der Waals surface area contributed by atoms with Crippen LogP contribution in [0.15, 0.2) is 78.8 Å². The molecular weight excluding hydrogens is 608 g/mol. The quantitative estimate of drug-likeness (QED) is 0.106. The third kappa shape index (κ3) is 10.2. The summed E-state index contributed by atoms with van der Waals surface area (Å²) in [7, 11) is 0. The molecule has 0 saturated carbocycles. The molecule has 0 amide bonds. The fourth-order valence-corrected chi connectivity index (χ4v) is 3.73. The van der Waals surface area contributed by atoms with Crippen molar-refractivity contribution in [2.24, 2.45) is 10.4 Å². The Labute approximate surface area is 257 Å². The van der Waals surface area contributed by atoms with E-state index in [9.17, 15) is 18.0 Å². The number of carbonyl (C=O) groups is 1. The summed E-state index contributed by atoms with van der Waals surface area (Å²) in [5.74, 6) is 0.772. The maximum atomic E-state index is 13.1. The van der Waals surface area contributed by atoms with E-state index in [0.29, 0.717) is 23.2 Å². The second-order valence-electron chi connectivity index (χ2n) is 10.1. The molecule has 2 aromatic heterocycles. The third-order valence-electron chi connectivity index (χ3n) is 5.60. The molecule has 2 aromatic carbocycles. The Morgan fingerprint density at radius 3 is 2.28 bits per heavy atom. The highest BCUT2D eigenvalue weighted by atomic mass is 35.5. The van der Waals surface area contributed by atoms with Crippen LogP contribution < -0.4 is 4.74 Å². The lowest BCUT2D eigenvalue weighted by Crippen LogP contribution is -2.34. The molecule has 14 heteroatoms. The summed E-state index contributed by atoms with van der Waals surface area (Å²) in [5, 5.41) is 4.61. The standard InChI is InChI=1S/C15H15ClF3N3O.C14H16ClN3O2/c1-2-7-23-9-14(22-6-5-20-10-22)21-13-4-3-11(16)8-12(13)15(17,18)19;1-14(2,3)12(19)13(18-9-16-8-17-18)20-11-6-4-10(15)5-7-11/h3-6,8,10H,2,7,9H2,1H3;4-9,13H,1-3H3. The average molecular weight is 640 g/mol. The van der Waals surface area contributed by atoms with E-state index in [4.69, 9.17) is 32.7 Å². The van der Waals surface area contributed by atoms with E-state index < -0.39 is 23.4 Å². The topological polar surface area (TPSA) is 96.4 Å². The van der Waals surface area contributed by atoms with Crippen LogP contribution in [0.4, 0.5) is 18.9 Å².